The predicted molar refractivity (Wildman–Crippen MR) is 60.1 cm³/mol. The molecule has 3 aromatic heterocycles. The number of anilines is 1. The molecule has 86 valence electrons. The molecule has 0 spiro atoms. The molecule has 0 amide bonds. The molecular weight excluding hydrogens is 220 g/mol. The van der Waals surface area contributed by atoms with Crippen molar-refractivity contribution in [3.63, 3.8) is 0 Å². The third-order valence-corrected chi connectivity index (χ3v) is 2.64. The number of fused-ring (bicyclic) bond motifs is 1. The summed E-state index contributed by atoms with van der Waals surface area (Å²) in [6, 6.07) is 1.86. The summed E-state index contributed by atoms with van der Waals surface area (Å²) < 4.78 is 6.40. The molecule has 7 heteroatoms. The van der Waals surface area contributed by atoms with Crippen LogP contribution < -0.4 is 5.73 Å². The fraction of sp³-hybridized carbons (Fsp3) is 0.200. The van der Waals surface area contributed by atoms with E-state index in [2.05, 4.69) is 25.0 Å². The smallest absolute Gasteiger partial charge is 0.226 e. The zero-order valence-electron chi connectivity index (χ0n) is 9.16. The minimum atomic E-state index is 0.434. The maximum atomic E-state index is 6.04. The first-order valence-electron chi connectivity index (χ1n) is 5.10. The highest BCUT2D eigenvalue weighted by Gasteiger charge is 2.14. The largest absolute Gasteiger partial charge is 0.396 e. The maximum absolute atomic E-state index is 6.04. The molecule has 0 unspecified atom stereocenters. The molecule has 0 aliphatic heterocycles. The molecule has 0 saturated carbocycles. The molecule has 0 aromatic carbocycles. The van der Waals surface area contributed by atoms with Gasteiger partial charge in [-0.25, -0.2) is 9.61 Å². The lowest BCUT2D eigenvalue weighted by Gasteiger charge is -2.08. The zero-order chi connectivity index (χ0) is 11.8. The summed E-state index contributed by atoms with van der Waals surface area (Å²) in [5.41, 5.74) is 9.21. The average molecular weight is 230 g/mol. The summed E-state index contributed by atoms with van der Waals surface area (Å²) in [5.74, 6) is 0. The Morgan fingerprint density at radius 3 is 3.06 bits per heavy atom. The van der Waals surface area contributed by atoms with Gasteiger partial charge in [0.25, 0.3) is 0 Å². The first-order valence-corrected chi connectivity index (χ1v) is 5.10. The summed E-state index contributed by atoms with van der Waals surface area (Å²) in [5, 5.41) is 11.6. The van der Waals surface area contributed by atoms with Gasteiger partial charge in [0.15, 0.2) is 5.52 Å². The summed E-state index contributed by atoms with van der Waals surface area (Å²) in [7, 11) is 0. The van der Waals surface area contributed by atoms with Gasteiger partial charge in [-0.3, -0.25) is 4.68 Å². The van der Waals surface area contributed by atoms with Crippen LogP contribution in [0, 0.1) is 6.92 Å². The van der Waals surface area contributed by atoms with Crippen molar-refractivity contribution < 1.29 is 4.63 Å². The summed E-state index contributed by atoms with van der Waals surface area (Å²) in [6.07, 6.45) is 3.58. The van der Waals surface area contributed by atoms with Crippen LogP contribution in [-0.4, -0.2) is 25.1 Å². The highest BCUT2D eigenvalue weighted by Crippen LogP contribution is 2.23. The highest BCUT2D eigenvalue weighted by molar-refractivity contribution is 5.85. The highest BCUT2D eigenvalue weighted by atomic mass is 16.6. The summed E-state index contributed by atoms with van der Waals surface area (Å²) in [6.45, 7) is 2.43. The fourth-order valence-corrected chi connectivity index (χ4v) is 1.75. The van der Waals surface area contributed by atoms with Crippen LogP contribution >= 0.6 is 0 Å². The third-order valence-electron chi connectivity index (χ3n) is 2.64. The Hall–Kier alpha value is -2.44. The molecule has 3 rings (SSSR count). The molecule has 3 heterocycles. The van der Waals surface area contributed by atoms with Crippen molar-refractivity contribution in [2.75, 3.05) is 5.73 Å². The fourth-order valence-electron chi connectivity index (χ4n) is 1.75. The van der Waals surface area contributed by atoms with E-state index in [4.69, 9.17) is 5.73 Å². The third kappa shape index (κ3) is 1.52. The average Bonchev–Trinajstić information content (AvgIpc) is 2.94. The number of rotatable bonds is 2. The number of aryl methyl sites for hydroxylation is 1. The normalized spacial score (nSPS) is 11.1. The number of nitrogens with two attached hydrogens (primary N) is 1. The number of nitrogens with zero attached hydrogens (tertiary/aromatic N) is 5. The second-order valence-corrected chi connectivity index (χ2v) is 3.73. The van der Waals surface area contributed by atoms with Crippen LogP contribution in [0.1, 0.15) is 11.3 Å². The van der Waals surface area contributed by atoms with Crippen molar-refractivity contribution in [3.05, 3.63) is 29.7 Å². The second-order valence-electron chi connectivity index (χ2n) is 3.73. The minimum absolute atomic E-state index is 0.434. The lowest BCUT2D eigenvalue weighted by Crippen LogP contribution is -2.07. The van der Waals surface area contributed by atoms with Gasteiger partial charge in [0.2, 0.25) is 5.65 Å². The SMILES string of the molecule is Cc1nc2nonc2c(N)c1Cn1cccn1. The molecule has 0 saturated heterocycles. The van der Waals surface area contributed by atoms with Gasteiger partial charge in [-0.05, 0) is 23.3 Å². The van der Waals surface area contributed by atoms with E-state index in [1.807, 2.05) is 19.2 Å². The molecule has 0 radical (unpaired) electrons. The molecule has 0 atom stereocenters. The van der Waals surface area contributed by atoms with Crippen molar-refractivity contribution in [2.45, 2.75) is 13.5 Å². The first kappa shape index (κ1) is 9.76. The van der Waals surface area contributed by atoms with E-state index in [1.165, 1.54) is 0 Å². The van der Waals surface area contributed by atoms with Gasteiger partial charge < -0.3 is 5.73 Å². The van der Waals surface area contributed by atoms with Crippen molar-refractivity contribution in [1.29, 1.82) is 0 Å². The van der Waals surface area contributed by atoms with Crippen LogP contribution in [0.25, 0.3) is 11.2 Å². The molecule has 0 fully saturated rings. The van der Waals surface area contributed by atoms with E-state index in [-0.39, 0.29) is 0 Å². The predicted octanol–water partition coefficient (Wildman–Crippen LogP) is 0.753. The standard InChI is InChI=1S/C10H10N6O/c1-6-7(5-16-4-2-3-12-16)8(11)9-10(13-6)15-17-14-9/h2-4H,5,11H2,1H3. The van der Waals surface area contributed by atoms with Crippen LogP contribution in [0.15, 0.2) is 23.1 Å². The Morgan fingerprint density at radius 1 is 1.41 bits per heavy atom. The van der Waals surface area contributed by atoms with Crippen LogP contribution in [0.3, 0.4) is 0 Å². The maximum Gasteiger partial charge on any atom is 0.226 e. The van der Waals surface area contributed by atoms with Crippen LogP contribution in [-0.2, 0) is 6.54 Å². The van der Waals surface area contributed by atoms with Gasteiger partial charge in [0.05, 0.1) is 12.2 Å². The number of aromatic nitrogens is 5. The van der Waals surface area contributed by atoms with E-state index in [9.17, 15) is 0 Å². The first-order chi connectivity index (χ1) is 8.25. The van der Waals surface area contributed by atoms with Crippen LogP contribution in [0.4, 0.5) is 5.69 Å². The van der Waals surface area contributed by atoms with Crippen molar-refractivity contribution in [3.8, 4) is 0 Å². The van der Waals surface area contributed by atoms with Gasteiger partial charge in [0, 0.05) is 23.7 Å². The Labute approximate surface area is 96.2 Å². The topological polar surface area (TPSA) is 95.6 Å². The van der Waals surface area contributed by atoms with Crippen LogP contribution in [0.5, 0.6) is 0 Å². The molecule has 3 aromatic rings. The number of pyridine rings is 1. The number of hydrogen-bond acceptors (Lipinski definition) is 6. The van der Waals surface area contributed by atoms with Gasteiger partial charge in [-0.15, -0.1) is 0 Å². The van der Waals surface area contributed by atoms with E-state index in [0.717, 1.165) is 11.3 Å². The lowest BCUT2D eigenvalue weighted by atomic mass is 10.1. The quantitative estimate of drug-likeness (QED) is 0.698. The number of hydrogen-bond donors (Lipinski definition) is 1. The van der Waals surface area contributed by atoms with Gasteiger partial charge in [-0.2, -0.15) is 5.10 Å². The number of nitrogen functional groups attached to an aromatic ring is 1. The molecular formula is C10H10N6O. The van der Waals surface area contributed by atoms with Gasteiger partial charge in [0.1, 0.15) is 0 Å². The summed E-state index contributed by atoms with van der Waals surface area (Å²) >= 11 is 0. The van der Waals surface area contributed by atoms with Crippen molar-refractivity contribution >= 4 is 16.9 Å². The molecule has 17 heavy (non-hydrogen) atoms. The van der Waals surface area contributed by atoms with E-state index in [0.29, 0.717) is 23.4 Å². The molecule has 7 nitrogen and oxygen atoms in total. The lowest BCUT2D eigenvalue weighted by molar-refractivity contribution is 0.315. The Morgan fingerprint density at radius 2 is 2.29 bits per heavy atom. The van der Waals surface area contributed by atoms with Crippen molar-refractivity contribution in [1.82, 2.24) is 25.1 Å². The van der Waals surface area contributed by atoms with E-state index in [1.54, 1.807) is 10.9 Å². The zero-order valence-corrected chi connectivity index (χ0v) is 9.16. The molecule has 0 bridgehead atoms. The van der Waals surface area contributed by atoms with Gasteiger partial charge >= 0.3 is 0 Å². The second kappa shape index (κ2) is 3.55. The summed E-state index contributed by atoms with van der Waals surface area (Å²) in [4.78, 5) is 4.29. The molecule has 2 N–H and O–H groups in total. The Balaban J connectivity index is 2.14. The van der Waals surface area contributed by atoms with E-state index < -0.39 is 0 Å². The Kier molecular flexibility index (Phi) is 2.04. The minimum Gasteiger partial charge on any atom is -0.396 e. The Bertz CT molecular complexity index is 657. The molecule has 0 aliphatic carbocycles. The monoisotopic (exact) mass is 230 g/mol. The van der Waals surface area contributed by atoms with Gasteiger partial charge in [-0.1, -0.05) is 0 Å². The molecule has 0 aliphatic rings. The van der Waals surface area contributed by atoms with E-state index >= 15 is 0 Å². The van der Waals surface area contributed by atoms with Crippen LogP contribution in [0.2, 0.25) is 0 Å². The van der Waals surface area contributed by atoms with Crippen molar-refractivity contribution in [2.24, 2.45) is 0 Å².